The molecule has 1 saturated heterocycles. The van der Waals surface area contributed by atoms with E-state index in [1.54, 1.807) is 6.07 Å². The van der Waals surface area contributed by atoms with Crippen LogP contribution in [-0.2, 0) is 11.3 Å². The minimum Gasteiger partial charge on any atom is -0.340 e. The lowest BCUT2D eigenvalue weighted by Crippen LogP contribution is -2.19. The molecule has 1 aromatic heterocycles. The molecule has 0 aliphatic carbocycles. The summed E-state index contributed by atoms with van der Waals surface area (Å²) in [6.45, 7) is 6.97. The number of fused-ring (bicyclic) bond motifs is 1. The highest BCUT2D eigenvalue weighted by Gasteiger charge is 2.25. The van der Waals surface area contributed by atoms with Crippen LogP contribution < -0.4 is 5.32 Å². The lowest BCUT2D eigenvalue weighted by Gasteiger charge is -2.09. The summed E-state index contributed by atoms with van der Waals surface area (Å²) < 4.78 is 2.32. The van der Waals surface area contributed by atoms with Crippen LogP contribution in [-0.4, -0.2) is 15.6 Å². The van der Waals surface area contributed by atoms with Crippen LogP contribution in [0.15, 0.2) is 76.6 Å². The number of aryl methyl sites for hydroxylation is 2. The minimum atomic E-state index is -0.140. The van der Waals surface area contributed by atoms with Gasteiger partial charge < -0.3 is 9.88 Å². The Kier molecular flexibility index (Phi) is 6.07. The van der Waals surface area contributed by atoms with Crippen molar-refractivity contribution >= 4 is 57.1 Å². The summed E-state index contributed by atoms with van der Waals surface area (Å²) >= 11 is 7.49. The molecule has 0 unspecified atom stereocenters. The highest BCUT2D eigenvalue weighted by molar-refractivity contribution is 8.18. The summed E-state index contributed by atoms with van der Waals surface area (Å²) in [6, 6.07) is 22.5. The Morgan fingerprint density at radius 2 is 1.85 bits per heavy atom. The molecule has 6 heteroatoms. The first-order valence-electron chi connectivity index (χ1n) is 11.1. The fourth-order valence-corrected chi connectivity index (χ4v) is 5.24. The van der Waals surface area contributed by atoms with Gasteiger partial charge in [0.2, 0.25) is 0 Å². The lowest BCUT2D eigenvalue weighted by molar-refractivity contribution is -0.115. The third-order valence-electron chi connectivity index (χ3n) is 6.02. The quantitative estimate of drug-likeness (QED) is 0.312. The normalized spacial score (nSPS) is 16.1. The summed E-state index contributed by atoms with van der Waals surface area (Å²) in [5, 5.41) is 5.20. The van der Waals surface area contributed by atoms with Gasteiger partial charge in [0, 0.05) is 33.7 Å². The number of rotatable bonds is 4. The van der Waals surface area contributed by atoms with Gasteiger partial charge in [-0.05, 0) is 67.9 Å². The molecule has 0 atom stereocenters. The first kappa shape index (κ1) is 22.5. The van der Waals surface area contributed by atoms with Crippen LogP contribution in [0.4, 0.5) is 5.69 Å². The monoisotopic (exact) mass is 485 g/mol. The van der Waals surface area contributed by atoms with Crippen LogP contribution in [0.2, 0.25) is 5.02 Å². The Hall–Kier alpha value is -3.28. The molecule has 0 radical (unpaired) electrons. The number of nitrogens with zero attached hydrogens (tertiary/aromatic N) is 2. The smallest absolute Gasteiger partial charge is 0.264 e. The summed E-state index contributed by atoms with van der Waals surface area (Å²) in [6.07, 6.45) is 1.98. The van der Waals surface area contributed by atoms with Gasteiger partial charge in [-0.15, -0.1) is 0 Å². The highest BCUT2D eigenvalue weighted by atomic mass is 35.5. The molecule has 34 heavy (non-hydrogen) atoms. The van der Waals surface area contributed by atoms with E-state index >= 15 is 0 Å². The number of amidine groups is 1. The number of thioether (sulfide) groups is 1. The fraction of sp³-hybridized carbons (Fsp3) is 0.143. The number of hydrogen-bond acceptors (Lipinski definition) is 3. The van der Waals surface area contributed by atoms with Crippen LogP contribution in [0.3, 0.4) is 0 Å². The van der Waals surface area contributed by atoms with E-state index in [2.05, 4.69) is 71.2 Å². The first-order chi connectivity index (χ1) is 16.4. The molecule has 1 N–H and O–H groups in total. The van der Waals surface area contributed by atoms with Crippen molar-refractivity contribution in [2.45, 2.75) is 27.3 Å². The van der Waals surface area contributed by atoms with E-state index in [0.717, 1.165) is 40.0 Å². The van der Waals surface area contributed by atoms with Crippen molar-refractivity contribution in [2.75, 3.05) is 0 Å². The second kappa shape index (κ2) is 9.16. The molecule has 4 aromatic rings. The number of carbonyl (C=O) groups excluding carboxylic acids is 1. The number of para-hydroxylation sites is 1. The van der Waals surface area contributed by atoms with E-state index in [1.807, 2.05) is 31.2 Å². The molecule has 1 fully saturated rings. The number of hydrogen-bond donors (Lipinski definition) is 1. The van der Waals surface area contributed by atoms with Gasteiger partial charge in [0.15, 0.2) is 5.17 Å². The van der Waals surface area contributed by atoms with E-state index < -0.39 is 0 Å². The maximum Gasteiger partial charge on any atom is 0.264 e. The molecule has 1 amide bonds. The number of carbonyl (C=O) groups is 1. The Labute approximate surface area is 208 Å². The maximum atomic E-state index is 12.8. The van der Waals surface area contributed by atoms with E-state index in [-0.39, 0.29) is 5.91 Å². The summed E-state index contributed by atoms with van der Waals surface area (Å²) in [5.74, 6) is -0.140. The van der Waals surface area contributed by atoms with E-state index in [1.165, 1.54) is 22.9 Å². The predicted octanol–water partition coefficient (Wildman–Crippen LogP) is 7.16. The molecule has 1 aliphatic heterocycles. The summed E-state index contributed by atoms with van der Waals surface area (Å²) in [5.41, 5.74) is 7.58. The molecular weight excluding hydrogens is 462 g/mol. The molecule has 0 spiro atoms. The van der Waals surface area contributed by atoms with Gasteiger partial charge in [-0.3, -0.25) is 4.79 Å². The molecule has 3 aromatic carbocycles. The molecule has 1 aliphatic rings. The molecular formula is C28H24ClN3OS. The van der Waals surface area contributed by atoms with Gasteiger partial charge in [0.1, 0.15) is 0 Å². The number of nitrogens with one attached hydrogen (secondary N) is 1. The summed E-state index contributed by atoms with van der Waals surface area (Å²) in [4.78, 5) is 18.1. The number of aromatic nitrogens is 1. The van der Waals surface area contributed by atoms with Crippen molar-refractivity contribution in [3.8, 4) is 0 Å². The highest BCUT2D eigenvalue weighted by Crippen LogP contribution is 2.34. The average Bonchev–Trinajstić information content (AvgIpc) is 3.28. The third kappa shape index (κ3) is 4.41. The van der Waals surface area contributed by atoms with Crippen molar-refractivity contribution in [3.05, 3.63) is 105 Å². The molecule has 0 saturated carbocycles. The zero-order valence-electron chi connectivity index (χ0n) is 19.2. The molecule has 170 valence electrons. The van der Waals surface area contributed by atoms with Crippen molar-refractivity contribution in [1.82, 2.24) is 9.88 Å². The Balaban J connectivity index is 1.53. The van der Waals surface area contributed by atoms with Crippen molar-refractivity contribution in [3.63, 3.8) is 0 Å². The van der Waals surface area contributed by atoms with Gasteiger partial charge >= 0.3 is 0 Å². The van der Waals surface area contributed by atoms with Crippen LogP contribution in [0, 0.1) is 20.8 Å². The van der Waals surface area contributed by atoms with Crippen molar-refractivity contribution in [2.24, 2.45) is 4.99 Å². The standard InChI is InChI=1S/C28H24ClN3OS/c1-17-7-6-8-20(13-17)16-32-19(3)23(22-9-4-5-10-25(22)32)15-26-27(33)31-28(34-26)30-24-14-21(29)12-11-18(24)2/h4-15H,16H2,1-3H3,(H,30,31,33)/b26-15-. The molecule has 4 nitrogen and oxygen atoms in total. The van der Waals surface area contributed by atoms with Gasteiger partial charge in [-0.2, -0.15) is 0 Å². The number of halogens is 1. The number of benzene rings is 3. The Morgan fingerprint density at radius 1 is 1.03 bits per heavy atom. The number of amides is 1. The lowest BCUT2D eigenvalue weighted by atomic mass is 10.1. The van der Waals surface area contributed by atoms with Gasteiger partial charge in [-0.25, -0.2) is 4.99 Å². The second-order valence-corrected chi connectivity index (χ2v) is 9.97. The van der Waals surface area contributed by atoms with E-state index in [0.29, 0.717) is 15.1 Å². The number of aliphatic imine (C=N–C) groups is 1. The predicted molar refractivity (Wildman–Crippen MR) is 144 cm³/mol. The first-order valence-corrected chi connectivity index (χ1v) is 12.3. The Bertz CT molecular complexity index is 1500. The topological polar surface area (TPSA) is 46.4 Å². The SMILES string of the molecule is Cc1cccc(Cn2c(C)c(/C=C3\SC(=Nc4cc(Cl)ccc4C)NC3=O)c3ccccc32)c1. The Morgan fingerprint density at radius 3 is 2.68 bits per heavy atom. The second-order valence-electron chi connectivity index (χ2n) is 8.50. The van der Waals surface area contributed by atoms with Crippen LogP contribution in [0.5, 0.6) is 0 Å². The zero-order chi connectivity index (χ0) is 23.8. The van der Waals surface area contributed by atoms with E-state index in [9.17, 15) is 4.79 Å². The maximum absolute atomic E-state index is 12.8. The molecule has 5 rings (SSSR count). The van der Waals surface area contributed by atoms with E-state index in [4.69, 9.17) is 11.6 Å². The molecule has 0 bridgehead atoms. The molecule has 2 heterocycles. The third-order valence-corrected chi connectivity index (χ3v) is 7.17. The van der Waals surface area contributed by atoms with Crippen LogP contribution in [0.1, 0.15) is 27.9 Å². The zero-order valence-corrected chi connectivity index (χ0v) is 20.8. The van der Waals surface area contributed by atoms with Gasteiger partial charge in [-0.1, -0.05) is 65.7 Å². The van der Waals surface area contributed by atoms with Gasteiger partial charge in [0.05, 0.1) is 10.6 Å². The minimum absolute atomic E-state index is 0.140. The largest absolute Gasteiger partial charge is 0.340 e. The summed E-state index contributed by atoms with van der Waals surface area (Å²) in [7, 11) is 0. The van der Waals surface area contributed by atoms with Gasteiger partial charge in [0.25, 0.3) is 5.91 Å². The van der Waals surface area contributed by atoms with Crippen molar-refractivity contribution < 1.29 is 4.79 Å². The van der Waals surface area contributed by atoms with Crippen LogP contribution >= 0.6 is 23.4 Å². The van der Waals surface area contributed by atoms with Crippen LogP contribution in [0.25, 0.3) is 17.0 Å². The van der Waals surface area contributed by atoms with Crippen molar-refractivity contribution in [1.29, 1.82) is 0 Å². The average molecular weight is 486 g/mol. The fourth-order valence-electron chi connectivity index (χ4n) is 4.26.